The fraction of sp³-hybridized carbons (Fsp3) is 0.769. The second-order valence-electron chi connectivity index (χ2n) is 5.21. The number of likely N-dealkylation sites (N-methyl/N-ethyl adjacent to an activating group) is 1. The molecule has 1 fully saturated rings. The van der Waals surface area contributed by atoms with Gasteiger partial charge in [-0.25, -0.2) is 0 Å². The van der Waals surface area contributed by atoms with E-state index in [-0.39, 0.29) is 0 Å². The maximum atomic E-state index is 4.24. The van der Waals surface area contributed by atoms with Gasteiger partial charge in [0, 0.05) is 37.4 Å². The Morgan fingerprint density at radius 3 is 3.00 bits per heavy atom. The van der Waals surface area contributed by atoms with Gasteiger partial charge in [-0.15, -0.1) is 0 Å². The van der Waals surface area contributed by atoms with Crippen molar-refractivity contribution < 1.29 is 0 Å². The minimum Gasteiger partial charge on any atom is -0.313 e. The zero-order chi connectivity index (χ0) is 12.3. The summed E-state index contributed by atoms with van der Waals surface area (Å²) in [6.07, 6.45) is 8.08. The van der Waals surface area contributed by atoms with E-state index in [2.05, 4.69) is 35.5 Å². The first kappa shape index (κ1) is 12.6. The summed E-state index contributed by atoms with van der Waals surface area (Å²) >= 11 is 0. The van der Waals surface area contributed by atoms with Gasteiger partial charge in [0.2, 0.25) is 0 Å². The third-order valence-electron chi connectivity index (χ3n) is 3.79. The summed E-state index contributed by atoms with van der Waals surface area (Å²) in [6, 6.07) is 1.10. The van der Waals surface area contributed by atoms with E-state index in [1.807, 2.05) is 17.9 Å². The summed E-state index contributed by atoms with van der Waals surface area (Å²) in [4.78, 5) is 2.42. The Morgan fingerprint density at radius 1 is 1.59 bits per heavy atom. The van der Waals surface area contributed by atoms with E-state index < -0.39 is 0 Å². The number of nitrogens with zero attached hydrogens (tertiary/aromatic N) is 3. The molecule has 2 heterocycles. The highest BCUT2D eigenvalue weighted by atomic mass is 15.2. The van der Waals surface area contributed by atoms with Crippen LogP contribution in [0.5, 0.6) is 0 Å². The van der Waals surface area contributed by atoms with Crippen LogP contribution in [0.4, 0.5) is 0 Å². The second kappa shape index (κ2) is 5.65. The number of hydrogen-bond donors (Lipinski definition) is 1. The Bertz CT molecular complexity index is 341. The number of rotatable bonds is 4. The van der Waals surface area contributed by atoms with E-state index in [9.17, 15) is 0 Å². The number of nitrogens with one attached hydrogen (secondary N) is 1. The zero-order valence-electron chi connectivity index (χ0n) is 11.2. The van der Waals surface area contributed by atoms with Crippen molar-refractivity contribution >= 4 is 0 Å². The molecule has 1 aromatic heterocycles. The van der Waals surface area contributed by atoms with Crippen molar-refractivity contribution in [2.24, 2.45) is 7.05 Å². The van der Waals surface area contributed by atoms with Gasteiger partial charge in [0.25, 0.3) is 0 Å². The highest BCUT2D eigenvalue weighted by Gasteiger charge is 2.19. The number of hydrogen-bond acceptors (Lipinski definition) is 3. The summed E-state index contributed by atoms with van der Waals surface area (Å²) in [7, 11) is 4.17. The Morgan fingerprint density at radius 2 is 2.41 bits per heavy atom. The molecule has 2 rings (SSSR count). The number of piperidine rings is 1. The molecule has 0 bridgehead atoms. The fourth-order valence-corrected chi connectivity index (χ4v) is 2.50. The van der Waals surface area contributed by atoms with Crippen molar-refractivity contribution in [2.75, 3.05) is 20.1 Å². The molecule has 0 radical (unpaired) electrons. The lowest BCUT2D eigenvalue weighted by Crippen LogP contribution is -2.43. The molecule has 0 aromatic carbocycles. The van der Waals surface area contributed by atoms with Gasteiger partial charge < -0.3 is 5.32 Å². The van der Waals surface area contributed by atoms with Crippen LogP contribution in [0.15, 0.2) is 12.4 Å². The lowest BCUT2D eigenvalue weighted by Gasteiger charge is -2.31. The first-order chi connectivity index (χ1) is 8.16. The molecule has 4 heteroatoms. The van der Waals surface area contributed by atoms with Crippen molar-refractivity contribution in [3.8, 4) is 0 Å². The third-order valence-corrected chi connectivity index (χ3v) is 3.79. The Hall–Kier alpha value is -0.870. The van der Waals surface area contributed by atoms with Crippen LogP contribution in [0.3, 0.4) is 0 Å². The van der Waals surface area contributed by atoms with Gasteiger partial charge in [0.1, 0.15) is 0 Å². The summed E-state index contributed by atoms with van der Waals surface area (Å²) in [5, 5.41) is 7.84. The average molecular weight is 236 g/mol. The summed E-state index contributed by atoms with van der Waals surface area (Å²) in [5.41, 5.74) is 1.30. The Labute approximate surface area is 104 Å². The highest BCUT2D eigenvalue weighted by molar-refractivity contribution is 5.09. The molecule has 0 amide bonds. The molecule has 0 spiro atoms. The van der Waals surface area contributed by atoms with Crippen LogP contribution in [0.25, 0.3) is 0 Å². The predicted octanol–water partition coefficient (Wildman–Crippen LogP) is 1.55. The summed E-state index contributed by atoms with van der Waals surface area (Å²) < 4.78 is 1.87. The first-order valence-corrected chi connectivity index (χ1v) is 6.59. The van der Waals surface area contributed by atoms with Gasteiger partial charge in [0.05, 0.1) is 6.20 Å². The van der Waals surface area contributed by atoms with Gasteiger partial charge in [-0.1, -0.05) is 6.42 Å². The van der Waals surface area contributed by atoms with E-state index in [1.54, 1.807) is 0 Å². The van der Waals surface area contributed by atoms with Crippen LogP contribution < -0.4 is 5.32 Å². The van der Waals surface area contributed by atoms with Crippen LogP contribution in [-0.2, 0) is 7.05 Å². The van der Waals surface area contributed by atoms with Crippen molar-refractivity contribution in [1.82, 2.24) is 20.0 Å². The molecule has 0 saturated carbocycles. The number of aromatic nitrogens is 2. The molecule has 1 aliphatic rings. The first-order valence-electron chi connectivity index (χ1n) is 6.59. The maximum Gasteiger partial charge on any atom is 0.0537 e. The Kier molecular flexibility index (Phi) is 4.18. The zero-order valence-corrected chi connectivity index (χ0v) is 11.2. The van der Waals surface area contributed by atoms with Crippen LogP contribution in [0.2, 0.25) is 0 Å². The third kappa shape index (κ3) is 3.30. The van der Waals surface area contributed by atoms with E-state index in [0.717, 1.165) is 6.54 Å². The fourth-order valence-electron chi connectivity index (χ4n) is 2.50. The van der Waals surface area contributed by atoms with E-state index in [4.69, 9.17) is 0 Å². The molecule has 1 aliphatic heterocycles. The normalized spacial score (nSPS) is 22.9. The monoisotopic (exact) mass is 236 g/mol. The second-order valence-corrected chi connectivity index (χ2v) is 5.21. The van der Waals surface area contributed by atoms with Gasteiger partial charge in [-0.05, 0) is 33.4 Å². The largest absolute Gasteiger partial charge is 0.313 e. The van der Waals surface area contributed by atoms with Crippen LogP contribution >= 0.6 is 0 Å². The van der Waals surface area contributed by atoms with Crippen LogP contribution in [-0.4, -0.2) is 40.9 Å². The highest BCUT2D eigenvalue weighted by Crippen LogP contribution is 2.19. The quantitative estimate of drug-likeness (QED) is 0.861. The molecule has 4 nitrogen and oxygen atoms in total. The smallest absolute Gasteiger partial charge is 0.0537 e. The predicted molar refractivity (Wildman–Crippen MR) is 69.9 cm³/mol. The standard InChI is InChI=1S/C13H24N4/c1-11(12-8-15-17(3)9-12)16(2)10-13-6-4-5-7-14-13/h8-9,11,13-14H,4-7,10H2,1-3H3. The minimum absolute atomic E-state index is 0.437. The van der Waals surface area contributed by atoms with Crippen molar-refractivity contribution in [3.05, 3.63) is 18.0 Å². The van der Waals surface area contributed by atoms with Crippen molar-refractivity contribution in [3.63, 3.8) is 0 Å². The molecule has 0 aliphatic carbocycles. The van der Waals surface area contributed by atoms with E-state index in [1.165, 1.54) is 31.4 Å². The molecular weight excluding hydrogens is 212 g/mol. The molecule has 2 unspecified atom stereocenters. The average Bonchev–Trinajstić information content (AvgIpc) is 2.76. The van der Waals surface area contributed by atoms with Crippen molar-refractivity contribution in [1.29, 1.82) is 0 Å². The van der Waals surface area contributed by atoms with E-state index in [0.29, 0.717) is 12.1 Å². The van der Waals surface area contributed by atoms with Crippen molar-refractivity contribution in [2.45, 2.75) is 38.3 Å². The van der Waals surface area contributed by atoms with Gasteiger partial charge in [-0.3, -0.25) is 9.58 Å². The molecule has 2 atom stereocenters. The lowest BCUT2D eigenvalue weighted by molar-refractivity contribution is 0.214. The van der Waals surface area contributed by atoms with Gasteiger partial charge in [0.15, 0.2) is 0 Å². The topological polar surface area (TPSA) is 33.1 Å². The molecule has 1 N–H and O–H groups in total. The molecule has 1 saturated heterocycles. The lowest BCUT2D eigenvalue weighted by atomic mass is 10.0. The minimum atomic E-state index is 0.437. The Balaban J connectivity index is 1.88. The van der Waals surface area contributed by atoms with E-state index >= 15 is 0 Å². The molecule has 17 heavy (non-hydrogen) atoms. The summed E-state index contributed by atoms with van der Waals surface area (Å²) in [5.74, 6) is 0. The van der Waals surface area contributed by atoms with Crippen LogP contribution in [0, 0.1) is 0 Å². The molecule has 96 valence electrons. The maximum absolute atomic E-state index is 4.24. The SMILES string of the molecule is CC(c1cnn(C)c1)N(C)CC1CCCCN1. The van der Waals surface area contributed by atoms with Gasteiger partial charge in [-0.2, -0.15) is 5.10 Å². The molecular formula is C13H24N4. The van der Waals surface area contributed by atoms with Gasteiger partial charge >= 0.3 is 0 Å². The number of aryl methyl sites for hydroxylation is 1. The molecule has 1 aromatic rings. The van der Waals surface area contributed by atoms with Crippen LogP contribution in [0.1, 0.15) is 37.8 Å². The summed E-state index contributed by atoms with van der Waals surface area (Å²) in [6.45, 7) is 4.55.